The van der Waals surface area contributed by atoms with Crippen molar-refractivity contribution in [3.8, 4) is 0 Å². The van der Waals surface area contributed by atoms with Gasteiger partial charge in [0.15, 0.2) is 0 Å². The fourth-order valence-electron chi connectivity index (χ4n) is 2.11. The second-order valence-electron chi connectivity index (χ2n) is 4.40. The lowest BCUT2D eigenvalue weighted by atomic mass is 9.92. The van der Waals surface area contributed by atoms with Gasteiger partial charge in [-0.2, -0.15) is 11.8 Å². The molecule has 1 saturated heterocycles. The van der Waals surface area contributed by atoms with Crippen LogP contribution in [0.2, 0.25) is 0 Å². The molecule has 1 N–H and O–H groups in total. The Morgan fingerprint density at radius 1 is 1.60 bits per heavy atom. The third-order valence-electron chi connectivity index (χ3n) is 3.20. The quantitative estimate of drug-likeness (QED) is 0.837. The summed E-state index contributed by atoms with van der Waals surface area (Å²) >= 11 is 1.88. The Balaban J connectivity index is 2.27. The van der Waals surface area contributed by atoms with Gasteiger partial charge in [-0.15, -0.1) is 0 Å². The normalized spacial score (nSPS) is 27.9. The van der Waals surface area contributed by atoms with Crippen LogP contribution in [-0.2, 0) is 0 Å². The zero-order valence-electron chi connectivity index (χ0n) is 9.23. The van der Waals surface area contributed by atoms with E-state index in [0.29, 0.717) is 0 Å². The largest absolute Gasteiger partial charge is 0.387 e. The van der Waals surface area contributed by atoms with Crippen molar-refractivity contribution in [3.63, 3.8) is 0 Å². The average Bonchev–Trinajstić information content (AvgIpc) is 2.66. The van der Waals surface area contributed by atoms with E-state index in [1.807, 2.05) is 24.8 Å². The highest BCUT2D eigenvalue weighted by Gasteiger charge is 2.38. The van der Waals surface area contributed by atoms with Gasteiger partial charge >= 0.3 is 0 Å². The number of aliphatic hydroxyl groups excluding tert-OH is 1. The van der Waals surface area contributed by atoms with E-state index in [1.54, 1.807) is 12.4 Å². The molecule has 0 aliphatic carbocycles. The molecule has 0 saturated carbocycles. The molecular weight excluding hydrogens is 206 g/mol. The molecule has 0 bridgehead atoms. The summed E-state index contributed by atoms with van der Waals surface area (Å²) in [6, 6.07) is 1.96. The average molecular weight is 223 g/mol. The van der Waals surface area contributed by atoms with Crippen LogP contribution < -0.4 is 0 Å². The van der Waals surface area contributed by atoms with E-state index in [-0.39, 0.29) is 4.75 Å². The van der Waals surface area contributed by atoms with E-state index in [9.17, 15) is 5.11 Å². The van der Waals surface area contributed by atoms with Crippen LogP contribution >= 0.6 is 11.8 Å². The van der Waals surface area contributed by atoms with Gasteiger partial charge < -0.3 is 5.11 Å². The molecule has 0 spiro atoms. The molecule has 2 heterocycles. The lowest BCUT2D eigenvalue weighted by Gasteiger charge is -2.30. The number of rotatable bonds is 2. The Labute approximate surface area is 95.1 Å². The predicted molar refractivity (Wildman–Crippen MR) is 64.0 cm³/mol. The summed E-state index contributed by atoms with van der Waals surface area (Å²) in [4.78, 5) is 4.10. The third-order valence-corrected chi connectivity index (χ3v) is 4.78. The first kappa shape index (κ1) is 11.0. The summed E-state index contributed by atoms with van der Waals surface area (Å²) in [5.74, 6) is 1.16. The van der Waals surface area contributed by atoms with E-state index >= 15 is 0 Å². The highest BCUT2D eigenvalue weighted by atomic mass is 32.2. The second kappa shape index (κ2) is 4.14. The van der Waals surface area contributed by atoms with Gasteiger partial charge in [-0.1, -0.05) is 0 Å². The van der Waals surface area contributed by atoms with Crippen LogP contribution in [0.1, 0.15) is 37.0 Å². The Morgan fingerprint density at radius 3 is 3.00 bits per heavy atom. The molecule has 0 aromatic carbocycles. The highest BCUT2D eigenvalue weighted by molar-refractivity contribution is 8.00. The first-order chi connectivity index (χ1) is 7.13. The second-order valence-corrected chi connectivity index (χ2v) is 6.03. The van der Waals surface area contributed by atoms with Crippen LogP contribution in [-0.4, -0.2) is 20.6 Å². The van der Waals surface area contributed by atoms with Crippen LogP contribution in [0.15, 0.2) is 18.5 Å². The summed E-state index contributed by atoms with van der Waals surface area (Å²) < 4.78 is -0.0200. The molecule has 2 atom stereocenters. The van der Waals surface area contributed by atoms with Crippen LogP contribution in [0.25, 0.3) is 0 Å². The standard InChI is InChI=1S/C12H17NOS/c1-9-4-6-13-8-10(9)11(14)12(2)5-3-7-15-12/h4,6,8,11,14H,3,5,7H2,1-2H3. The molecule has 1 fully saturated rings. The predicted octanol–water partition coefficient (Wildman–Crippen LogP) is 2.71. The summed E-state index contributed by atoms with van der Waals surface area (Å²) in [5, 5.41) is 10.4. The molecule has 2 rings (SSSR count). The molecule has 2 unspecified atom stereocenters. The Hall–Kier alpha value is -0.540. The number of hydrogen-bond acceptors (Lipinski definition) is 3. The van der Waals surface area contributed by atoms with E-state index in [4.69, 9.17) is 0 Å². The van der Waals surface area contributed by atoms with Gasteiger partial charge in [0.25, 0.3) is 0 Å². The lowest BCUT2D eigenvalue weighted by Crippen LogP contribution is -2.26. The number of aliphatic hydroxyl groups is 1. The zero-order valence-corrected chi connectivity index (χ0v) is 10.0. The molecule has 1 aromatic rings. The third kappa shape index (κ3) is 2.04. The summed E-state index contributed by atoms with van der Waals surface area (Å²) in [6.07, 6.45) is 5.48. The lowest BCUT2D eigenvalue weighted by molar-refractivity contribution is 0.134. The molecular formula is C12H17NOS. The van der Waals surface area contributed by atoms with Crippen molar-refractivity contribution in [1.82, 2.24) is 4.98 Å². The summed E-state index contributed by atoms with van der Waals surface area (Å²) in [6.45, 7) is 4.19. The SMILES string of the molecule is Cc1ccncc1C(O)C1(C)CCCS1. The number of hydrogen-bond donors (Lipinski definition) is 1. The Morgan fingerprint density at radius 2 is 2.40 bits per heavy atom. The van der Waals surface area contributed by atoms with Crippen LogP contribution in [0.5, 0.6) is 0 Å². The Bertz CT molecular complexity index is 347. The molecule has 1 aromatic heterocycles. The monoisotopic (exact) mass is 223 g/mol. The van der Waals surface area contributed by atoms with E-state index in [0.717, 1.165) is 23.3 Å². The van der Waals surface area contributed by atoms with Gasteiger partial charge in [-0.05, 0) is 44.1 Å². The fraction of sp³-hybridized carbons (Fsp3) is 0.583. The molecule has 2 nitrogen and oxygen atoms in total. The minimum atomic E-state index is -0.390. The van der Waals surface area contributed by atoms with Gasteiger partial charge in [0.2, 0.25) is 0 Å². The van der Waals surface area contributed by atoms with Gasteiger partial charge in [0.05, 0.1) is 6.10 Å². The van der Waals surface area contributed by atoms with Crippen molar-refractivity contribution >= 4 is 11.8 Å². The number of aryl methyl sites for hydroxylation is 1. The van der Waals surface area contributed by atoms with Crippen molar-refractivity contribution in [1.29, 1.82) is 0 Å². The van der Waals surface area contributed by atoms with Crippen molar-refractivity contribution in [2.24, 2.45) is 0 Å². The van der Waals surface area contributed by atoms with Crippen molar-refractivity contribution in [2.45, 2.75) is 37.5 Å². The first-order valence-electron chi connectivity index (χ1n) is 5.36. The molecule has 0 amide bonds. The molecule has 3 heteroatoms. The minimum Gasteiger partial charge on any atom is -0.387 e. The summed E-state index contributed by atoms with van der Waals surface area (Å²) in [5.41, 5.74) is 2.11. The maximum Gasteiger partial charge on any atom is 0.0951 e. The number of pyridine rings is 1. The molecule has 1 aliphatic rings. The summed E-state index contributed by atoms with van der Waals surface area (Å²) in [7, 11) is 0. The van der Waals surface area contributed by atoms with Gasteiger partial charge in [0.1, 0.15) is 0 Å². The first-order valence-corrected chi connectivity index (χ1v) is 6.34. The van der Waals surface area contributed by atoms with Crippen LogP contribution in [0.4, 0.5) is 0 Å². The van der Waals surface area contributed by atoms with Gasteiger partial charge in [0, 0.05) is 22.7 Å². The van der Waals surface area contributed by atoms with Crippen molar-refractivity contribution in [3.05, 3.63) is 29.6 Å². The smallest absolute Gasteiger partial charge is 0.0951 e. The van der Waals surface area contributed by atoms with Crippen molar-refractivity contribution < 1.29 is 5.11 Å². The number of thioether (sulfide) groups is 1. The van der Waals surface area contributed by atoms with E-state index < -0.39 is 6.10 Å². The molecule has 82 valence electrons. The van der Waals surface area contributed by atoms with E-state index in [1.165, 1.54) is 6.42 Å². The number of nitrogens with zero attached hydrogens (tertiary/aromatic N) is 1. The molecule has 0 radical (unpaired) electrons. The van der Waals surface area contributed by atoms with Crippen LogP contribution in [0, 0.1) is 6.92 Å². The van der Waals surface area contributed by atoms with E-state index in [2.05, 4.69) is 11.9 Å². The van der Waals surface area contributed by atoms with Gasteiger partial charge in [-0.3, -0.25) is 4.98 Å². The van der Waals surface area contributed by atoms with Crippen LogP contribution in [0.3, 0.4) is 0 Å². The topological polar surface area (TPSA) is 33.1 Å². The Kier molecular flexibility index (Phi) is 3.03. The molecule has 15 heavy (non-hydrogen) atoms. The van der Waals surface area contributed by atoms with Crippen molar-refractivity contribution in [2.75, 3.05) is 5.75 Å². The molecule has 1 aliphatic heterocycles. The minimum absolute atomic E-state index is 0.0200. The number of aromatic nitrogens is 1. The fourth-order valence-corrected chi connectivity index (χ4v) is 3.44. The zero-order chi connectivity index (χ0) is 10.9. The maximum absolute atomic E-state index is 10.4. The maximum atomic E-state index is 10.4. The highest BCUT2D eigenvalue weighted by Crippen LogP contribution is 2.46. The van der Waals surface area contributed by atoms with Gasteiger partial charge in [-0.25, -0.2) is 0 Å².